The van der Waals surface area contributed by atoms with Gasteiger partial charge in [0.25, 0.3) is 0 Å². The minimum Gasteiger partial charge on any atom is -0.384 e. The molecule has 0 saturated heterocycles. The Morgan fingerprint density at radius 2 is 0.525 bits per heavy atom. The van der Waals surface area contributed by atoms with Crippen molar-refractivity contribution in [1.82, 2.24) is 0 Å². The SMILES string of the molecule is CC(C)=CCC/C(C)=C/CC/C(C)=C/CC/C(C)=C/CC/C(C)=C/CC/C(C)=C/CC/C(C)=C/CC/C(C)=C/CC/C(C)=C/CC/C(C)=C/CC1=C(C)C(O)C(C)=C(C)C1O. The first-order chi connectivity index (χ1) is 28.9. The average Bonchev–Trinajstić information content (AvgIpc) is 3.19. The summed E-state index contributed by atoms with van der Waals surface area (Å²) in [6.07, 6.45) is 44.2. The summed E-state index contributed by atoms with van der Waals surface area (Å²) in [5.74, 6) is 0. The van der Waals surface area contributed by atoms with Crippen LogP contribution in [0, 0.1) is 0 Å². The van der Waals surface area contributed by atoms with E-state index >= 15 is 0 Å². The van der Waals surface area contributed by atoms with Crippen LogP contribution in [0.4, 0.5) is 0 Å². The lowest BCUT2D eigenvalue weighted by Gasteiger charge is -2.29. The van der Waals surface area contributed by atoms with Gasteiger partial charge in [0.15, 0.2) is 0 Å². The maximum Gasteiger partial charge on any atom is 0.0968 e. The van der Waals surface area contributed by atoms with Crippen LogP contribution in [0.1, 0.15) is 219 Å². The second kappa shape index (κ2) is 32.5. The van der Waals surface area contributed by atoms with E-state index in [1.165, 1.54) is 87.8 Å². The predicted octanol–water partition coefficient (Wildman–Crippen LogP) is 18.3. The van der Waals surface area contributed by atoms with E-state index in [-0.39, 0.29) is 0 Å². The van der Waals surface area contributed by atoms with Crippen LogP contribution in [0.15, 0.2) is 139 Å². The predicted molar refractivity (Wildman–Crippen MR) is 274 cm³/mol. The lowest BCUT2D eigenvalue weighted by molar-refractivity contribution is 0.200. The number of rotatable bonds is 29. The molecule has 2 unspecified atom stereocenters. The zero-order valence-corrected chi connectivity index (χ0v) is 42.3. The number of allylic oxidation sites excluding steroid dienone is 20. The standard InChI is InChI=1S/C59H94O2/c1-44(2)24-15-25-45(3)26-16-27-46(4)28-17-29-47(5)30-18-31-48(6)32-19-33-49(7)34-20-35-50(8)36-21-37-51(9)38-22-39-52(10)40-23-41-53(11)42-43-57-56(14)58(60)54(12)55(13)59(57)61/h24,26,28,30,32,34,36,38,40,42,58-61H,15-23,25,27,29,31,33,35,37,39,41,43H2,1-14H3/b45-26+,46-28+,47-30+,48-32+,49-34+,50-36+,51-38+,52-40+,53-42+. The van der Waals surface area contributed by atoms with Gasteiger partial charge in [-0.1, -0.05) is 116 Å². The molecule has 0 spiro atoms. The minimum absolute atomic E-state index is 0.566. The maximum absolute atomic E-state index is 10.7. The fourth-order valence-electron chi connectivity index (χ4n) is 7.84. The van der Waals surface area contributed by atoms with Gasteiger partial charge in [-0.2, -0.15) is 0 Å². The fourth-order valence-corrected chi connectivity index (χ4v) is 7.84. The van der Waals surface area contributed by atoms with Gasteiger partial charge in [-0.3, -0.25) is 0 Å². The molecule has 2 atom stereocenters. The third-order valence-electron chi connectivity index (χ3n) is 12.7. The summed E-state index contributed by atoms with van der Waals surface area (Å²) >= 11 is 0. The highest BCUT2D eigenvalue weighted by Gasteiger charge is 2.27. The summed E-state index contributed by atoms with van der Waals surface area (Å²) in [7, 11) is 0. The molecular formula is C59H94O2. The van der Waals surface area contributed by atoms with Gasteiger partial charge in [0, 0.05) is 0 Å². The molecule has 2 N–H and O–H groups in total. The number of aliphatic hydroxyl groups is 2. The zero-order valence-electron chi connectivity index (χ0n) is 42.3. The summed E-state index contributed by atoms with van der Waals surface area (Å²) in [5, 5.41) is 21.2. The molecule has 0 aromatic heterocycles. The molecule has 0 fully saturated rings. The van der Waals surface area contributed by atoms with Gasteiger partial charge in [0.1, 0.15) is 0 Å². The molecule has 2 nitrogen and oxygen atoms in total. The molecule has 0 aliphatic heterocycles. The van der Waals surface area contributed by atoms with Gasteiger partial charge in [-0.15, -0.1) is 0 Å². The van der Waals surface area contributed by atoms with Crippen LogP contribution in [-0.4, -0.2) is 22.4 Å². The Labute approximate surface area is 378 Å². The Morgan fingerprint density at radius 1 is 0.311 bits per heavy atom. The minimum atomic E-state index is -0.575. The average molecular weight is 835 g/mol. The van der Waals surface area contributed by atoms with Crippen LogP contribution >= 0.6 is 0 Å². The van der Waals surface area contributed by atoms with Crippen molar-refractivity contribution in [3.05, 3.63) is 139 Å². The molecule has 342 valence electrons. The van der Waals surface area contributed by atoms with E-state index in [4.69, 9.17) is 0 Å². The second-order valence-corrected chi connectivity index (χ2v) is 19.2. The van der Waals surface area contributed by atoms with Gasteiger partial charge < -0.3 is 10.2 Å². The monoisotopic (exact) mass is 835 g/mol. The molecular weight excluding hydrogens is 741 g/mol. The van der Waals surface area contributed by atoms with E-state index in [0.717, 1.165) is 106 Å². The molecule has 0 aromatic carbocycles. The Bertz CT molecular complexity index is 1710. The van der Waals surface area contributed by atoms with Crippen LogP contribution in [0.25, 0.3) is 0 Å². The maximum atomic E-state index is 10.7. The zero-order chi connectivity index (χ0) is 45.7. The smallest absolute Gasteiger partial charge is 0.0968 e. The first kappa shape index (κ1) is 55.8. The molecule has 0 saturated carbocycles. The van der Waals surface area contributed by atoms with E-state index in [2.05, 4.69) is 137 Å². The third-order valence-corrected chi connectivity index (χ3v) is 12.7. The molecule has 0 heterocycles. The Hall–Kier alpha value is -3.20. The largest absolute Gasteiger partial charge is 0.384 e. The molecule has 0 bridgehead atoms. The van der Waals surface area contributed by atoms with Crippen molar-refractivity contribution in [1.29, 1.82) is 0 Å². The van der Waals surface area contributed by atoms with Crippen LogP contribution in [0.2, 0.25) is 0 Å². The second-order valence-electron chi connectivity index (χ2n) is 19.2. The molecule has 1 rings (SSSR count). The summed E-state index contributed by atoms with van der Waals surface area (Å²) in [6.45, 7) is 30.6. The van der Waals surface area contributed by atoms with Crippen molar-refractivity contribution in [2.75, 3.05) is 0 Å². The summed E-state index contributed by atoms with van der Waals surface area (Å²) in [6, 6.07) is 0. The van der Waals surface area contributed by atoms with E-state index < -0.39 is 12.2 Å². The molecule has 2 heteroatoms. The lowest BCUT2D eigenvalue weighted by atomic mass is 9.82. The summed E-state index contributed by atoms with van der Waals surface area (Å²) in [4.78, 5) is 0. The lowest BCUT2D eigenvalue weighted by Crippen LogP contribution is -2.27. The molecule has 1 aliphatic carbocycles. The van der Waals surface area contributed by atoms with Crippen LogP contribution in [-0.2, 0) is 0 Å². The van der Waals surface area contributed by atoms with E-state index in [9.17, 15) is 10.2 Å². The van der Waals surface area contributed by atoms with E-state index in [1.54, 1.807) is 0 Å². The van der Waals surface area contributed by atoms with E-state index in [1.807, 2.05) is 20.8 Å². The molecule has 0 radical (unpaired) electrons. The van der Waals surface area contributed by atoms with Crippen molar-refractivity contribution in [3.8, 4) is 0 Å². The van der Waals surface area contributed by atoms with Gasteiger partial charge >= 0.3 is 0 Å². The number of aliphatic hydroxyl groups excluding tert-OH is 2. The van der Waals surface area contributed by atoms with Crippen molar-refractivity contribution < 1.29 is 10.2 Å². The Kier molecular flexibility index (Phi) is 29.7. The van der Waals surface area contributed by atoms with Crippen molar-refractivity contribution >= 4 is 0 Å². The summed E-state index contributed by atoms with van der Waals surface area (Å²) in [5.41, 5.74) is 18.5. The van der Waals surface area contributed by atoms with Crippen molar-refractivity contribution in [3.63, 3.8) is 0 Å². The van der Waals surface area contributed by atoms with Gasteiger partial charge in [0.2, 0.25) is 0 Å². The topological polar surface area (TPSA) is 40.5 Å². The molecule has 0 amide bonds. The molecule has 0 aromatic rings. The molecule has 1 aliphatic rings. The highest BCUT2D eigenvalue weighted by atomic mass is 16.3. The van der Waals surface area contributed by atoms with Crippen LogP contribution < -0.4 is 0 Å². The first-order valence-corrected chi connectivity index (χ1v) is 24.2. The number of hydrogen-bond donors (Lipinski definition) is 2. The Morgan fingerprint density at radius 3 is 0.770 bits per heavy atom. The van der Waals surface area contributed by atoms with Crippen LogP contribution in [0.5, 0.6) is 0 Å². The van der Waals surface area contributed by atoms with Crippen molar-refractivity contribution in [2.24, 2.45) is 0 Å². The number of hydrogen-bond acceptors (Lipinski definition) is 2. The Balaban J connectivity index is 2.28. The van der Waals surface area contributed by atoms with E-state index in [0.29, 0.717) is 6.42 Å². The summed E-state index contributed by atoms with van der Waals surface area (Å²) < 4.78 is 0. The first-order valence-electron chi connectivity index (χ1n) is 24.2. The normalized spacial score (nSPS) is 18.5. The van der Waals surface area contributed by atoms with Gasteiger partial charge in [-0.05, 0) is 241 Å². The third kappa shape index (κ3) is 26.8. The fraction of sp³-hybridized carbons (Fsp3) is 0.593. The highest BCUT2D eigenvalue weighted by Crippen LogP contribution is 2.32. The molecule has 61 heavy (non-hydrogen) atoms. The van der Waals surface area contributed by atoms with Gasteiger partial charge in [0.05, 0.1) is 12.2 Å². The quantitative estimate of drug-likeness (QED) is 0.0737. The highest BCUT2D eigenvalue weighted by molar-refractivity contribution is 5.42. The van der Waals surface area contributed by atoms with Gasteiger partial charge in [-0.25, -0.2) is 0 Å². The van der Waals surface area contributed by atoms with Crippen LogP contribution in [0.3, 0.4) is 0 Å². The van der Waals surface area contributed by atoms with Crippen molar-refractivity contribution in [2.45, 2.75) is 231 Å².